The lowest BCUT2D eigenvalue weighted by atomic mass is 10.2. The standard InChI is InChI=1S/C13H19F2NO3/c1-8(6-17)7-18-11-10(19-13(2,3)4)9(14)5-16-12(11)15/h5,8,17H,6-7H2,1-4H3. The first-order valence-electron chi connectivity index (χ1n) is 6.01. The van der Waals surface area contributed by atoms with Crippen molar-refractivity contribution < 1.29 is 23.4 Å². The molecular formula is C13H19F2NO3. The van der Waals surface area contributed by atoms with Crippen LogP contribution >= 0.6 is 0 Å². The van der Waals surface area contributed by atoms with Gasteiger partial charge in [-0.1, -0.05) is 6.92 Å². The zero-order chi connectivity index (χ0) is 14.6. The van der Waals surface area contributed by atoms with E-state index in [1.807, 2.05) is 0 Å². The molecule has 19 heavy (non-hydrogen) atoms. The molecule has 108 valence electrons. The summed E-state index contributed by atoms with van der Waals surface area (Å²) in [5.74, 6) is -2.60. The van der Waals surface area contributed by atoms with Gasteiger partial charge < -0.3 is 14.6 Å². The second kappa shape index (κ2) is 6.14. The summed E-state index contributed by atoms with van der Waals surface area (Å²) in [6.07, 6.45) is 0.749. The molecule has 1 heterocycles. The molecule has 1 aromatic heterocycles. The summed E-state index contributed by atoms with van der Waals surface area (Å²) < 4.78 is 37.9. The maximum atomic E-state index is 13.7. The average Bonchev–Trinajstić information content (AvgIpc) is 2.31. The van der Waals surface area contributed by atoms with E-state index >= 15 is 0 Å². The molecule has 0 aliphatic heterocycles. The van der Waals surface area contributed by atoms with Gasteiger partial charge in [0.15, 0.2) is 5.82 Å². The van der Waals surface area contributed by atoms with Gasteiger partial charge in [0, 0.05) is 12.5 Å². The van der Waals surface area contributed by atoms with Crippen LogP contribution in [0.2, 0.25) is 0 Å². The molecule has 0 radical (unpaired) electrons. The molecular weight excluding hydrogens is 256 g/mol. The monoisotopic (exact) mass is 275 g/mol. The molecule has 1 rings (SSSR count). The van der Waals surface area contributed by atoms with E-state index in [0.717, 1.165) is 6.20 Å². The van der Waals surface area contributed by atoms with Gasteiger partial charge in [0.25, 0.3) is 5.95 Å². The fourth-order valence-electron chi connectivity index (χ4n) is 1.24. The van der Waals surface area contributed by atoms with E-state index < -0.39 is 17.4 Å². The third-order valence-electron chi connectivity index (χ3n) is 2.13. The summed E-state index contributed by atoms with van der Waals surface area (Å²) >= 11 is 0. The van der Waals surface area contributed by atoms with Crippen LogP contribution in [0.25, 0.3) is 0 Å². The largest absolute Gasteiger partial charge is 0.485 e. The smallest absolute Gasteiger partial charge is 0.259 e. The SMILES string of the molecule is CC(CO)COc1c(F)ncc(F)c1OC(C)(C)C. The van der Waals surface area contributed by atoms with E-state index in [4.69, 9.17) is 14.6 Å². The summed E-state index contributed by atoms with van der Waals surface area (Å²) in [6, 6.07) is 0. The van der Waals surface area contributed by atoms with Crippen molar-refractivity contribution in [1.82, 2.24) is 4.98 Å². The highest BCUT2D eigenvalue weighted by Crippen LogP contribution is 2.34. The van der Waals surface area contributed by atoms with Crippen LogP contribution in [-0.4, -0.2) is 28.9 Å². The number of pyridine rings is 1. The van der Waals surface area contributed by atoms with Crippen molar-refractivity contribution in [3.63, 3.8) is 0 Å². The summed E-state index contributed by atoms with van der Waals surface area (Å²) in [6.45, 7) is 6.79. The minimum atomic E-state index is -0.939. The Labute approximate surface area is 111 Å². The predicted octanol–water partition coefficient (Wildman–Crippen LogP) is 2.54. The number of halogens is 2. The number of hydrogen-bond acceptors (Lipinski definition) is 4. The number of nitrogens with zero attached hydrogens (tertiary/aromatic N) is 1. The lowest BCUT2D eigenvalue weighted by Crippen LogP contribution is -2.25. The first kappa shape index (κ1) is 15.6. The predicted molar refractivity (Wildman–Crippen MR) is 66.3 cm³/mol. The fourth-order valence-corrected chi connectivity index (χ4v) is 1.24. The van der Waals surface area contributed by atoms with E-state index in [-0.39, 0.29) is 30.6 Å². The Morgan fingerprint density at radius 1 is 1.32 bits per heavy atom. The molecule has 0 amide bonds. The topological polar surface area (TPSA) is 51.6 Å². The van der Waals surface area contributed by atoms with Crippen molar-refractivity contribution in [3.05, 3.63) is 18.0 Å². The van der Waals surface area contributed by atoms with Gasteiger partial charge in [0.05, 0.1) is 12.8 Å². The molecule has 0 aliphatic rings. The summed E-state index contributed by atoms with van der Waals surface area (Å²) in [5, 5.41) is 8.90. The van der Waals surface area contributed by atoms with Crippen LogP contribution in [0.1, 0.15) is 27.7 Å². The number of aliphatic hydroxyl groups excluding tert-OH is 1. The Kier molecular flexibility index (Phi) is 5.05. The van der Waals surface area contributed by atoms with Crippen LogP contribution in [0.4, 0.5) is 8.78 Å². The quantitative estimate of drug-likeness (QED) is 0.839. The van der Waals surface area contributed by atoms with Gasteiger partial charge >= 0.3 is 0 Å². The molecule has 1 unspecified atom stereocenters. The number of ether oxygens (including phenoxy) is 2. The zero-order valence-electron chi connectivity index (χ0n) is 11.5. The lowest BCUT2D eigenvalue weighted by molar-refractivity contribution is 0.108. The Bertz CT molecular complexity index is 433. The first-order chi connectivity index (χ1) is 8.74. The summed E-state index contributed by atoms with van der Waals surface area (Å²) in [4.78, 5) is 3.26. The Balaban J connectivity index is 3.03. The van der Waals surface area contributed by atoms with E-state index in [1.54, 1.807) is 27.7 Å². The molecule has 0 saturated heterocycles. The van der Waals surface area contributed by atoms with Crippen molar-refractivity contribution >= 4 is 0 Å². The highest BCUT2D eigenvalue weighted by atomic mass is 19.1. The molecule has 4 nitrogen and oxygen atoms in total. The van der Waals surface area contributed by atoms with Crippen LogP contribution in [0.5, 0.6) is 11.5 Å². The Hall–Kier alpha value is -1.43. The van der Waals surface area contributed by atoms with Crippen LogP contribution in [0.3, 0.4) is 0 Å². The second-order valence-electron chi connectivity index (χ2n) is 5.37. The normalized spacial score (nSPS) is 13.2. The molecule has 0 bridgehead atoms. The van der Waals surface area contributed by atoms with Crippen molar-refractivity contribution in [2.24, 2.45) is 5.92 Å². The van der Waals surface area contributed by atoms with Gasteiger partial charge in [-0.2, -0.15) is 4.39 Å². The van der Waals surface area contributed by atoms with Gasteiger partial charge in [-0.05, 0) is 20.8 Å². The number of aromatic nitrogens is 1. The van der Waals surface area contributed by atoms with E-state index in [0.29, 0.717) is 0 Å². The van der Waals surface area contributed by atoms with Crippen LogP contribution < -0.4 is 9.47 Å². The molecule has 0 saturated carbocycles. The molecule has 0 aliphatic carbocycles. The Morgan fingerprint density at radius 3 is 2.47 bits per heavy atom. The van der Waals surface area contributed by atoms with Crippen LogP contribution in [0.15, 0.2) is 6.20 Å². The van der Waals surface area contributed by atoms with Crippen molar-refractivity contribution in [2.45, 2.75) is 33.3 Å². The van der Waals surface area contributed by atoms with Crippen molar-refractivity contribution in [1.29, 1.82) is 0 Å². The highest BCUT2D eigenvalue weighted by molar-refractivity contribution is 5.39. The fraction of sp³-hybridized carbons (Fsp3) is 0.615. The van der Waals surface area contributed by atoms with Gasteiger partial charge in [-0.3, -0.25) is 0 Å². The minimum Gasteiger partial charge on any atom is -0.485 e. The molecule has 0 fully saturated rings. The summed E-state index contributed by atoms with van der Waals surface area (Å²) in [5.41, 5.74) is -0.699. The van der Waals surface area contributed by atoms with Crippen LogP contribution in [0, 0.1) is 17.7 Å². The maximum Gasteiger partial charge on any atom is 0.259 e. The third-order valence-corrected chi connectivity index (χ3v) is 2.13. The van der Waals surface area contributed by atoms with Gasteiger partial charge in [-0.25, -0.2) is 9.37 Å². The average molecular weight is 275 g/mol. The molecule has 1 N–H and O–H groups in total. The van der Waals surface area contributed by atoms with Crippen LogP contribution in [-0.2, 0) is 0 Å². The minimum absolute atomic E-state index is 0.0407. The third kappa shape index (κ3) is 4.63. The van der Waals surface area contributed by atoms with Gasteiger partial charge in [0.2, 0.25) is 11.5 Å². The number of aliphatic hydroxyl groups is 1. The van der Waals surface area contributed by atoms with Crippen molar-refractivity contribution in [2.75, 3.05) is 13.2 Å². The van der Waals surface area contributed by atoms with Gasteiger partial charge in [0.1, 0.15) is 5.60 Å². The second-order valence-corrected chi connectivity index (χ2v) is 5.37. The molecule has 1 aromatic rings. The lowest BCUT2D eigenvalue weighted by Gasteiger charge is -2.23. The molecule has 0 spiro atoms. The maximum absolute atomic E-state index is 13.7. The summed E-state index contributed by atoms with van der Waals surface area (Å²) in [7, 11) is 0. The molecule has 0 aromatic carbocycles. The molecule has 1 atom stereocenters. The van der Waals surface area contributed by atoms with E-state index in [9.17, 15) is 8.78 Å². The van der Waals surface area contributed by atoms with Crippen molar-refractivity contribution in [3.8, 4) is 11.5 Å². The zero-order valence-corrected chi connectivity index (χ0v) is 11.5. The van der Waals surface area contributed by atoms with Gasteiger partial charge in [-0.15, -0.1) is 0 Å². The highest BCUT2D eigenvalue weighted by Gasteiger charge is 2.23. The molecule has 6 heteroatoms. The Morgan fingerprint density at radius 2 is 1.95 bits per heavy atom. The number of rotatable bonds is 5. The first-order valence-corrected chi connectivity index (χ1v) is 6.01. The van der Waals surface area contributed by atoms with E-state index in [2.05, 4.69) is 4.98 Å². The number of hydrogen-bond donors (Lipinski definition) is 1. The van der Waals surface area contributed by atoms with E-state index in [1.165, 1.54) is 0 Å².